The molecule has 602 valence electrons. The van der Waals surface area contributed by atoms with Crippen LogP contribution in [0.25, 0.3) is 0 Å². The predicted octanol–water partition coefficient (Wildman–Crippen LogP) is 11.4. The Morgan fingerprint density at radius 1 is 0.409 bits per heavy atom. The minimum absolute atomic E-state index is 0.0485. The highest BCUT2D eigenvalue weighted by Crippen LogP contribution is 2.58. The van der Waals surface area contributed by atoms with E-state index >= 15 is 0 Å². The Labute approximate surface area is 664 Å². The number of likely N-dealkylation sites (tertiary alicyclic amines) is 5. The van der Waals surface area contributed by atoms with Gasteiger partial charge in [0.05, 0.1) is 99.3 Å². The third-order valence-electron chi connectivity index (χ3n) is 26.8. The number of nitrogens with one attached hydrogen (secondary N) is 3. The van der Waals surface area contributed by atoms with E-state index in [9.17, 15) is 49.6 Å². The number of carbonyl (C=O) groups is 5. The molecule has 7 aromatic carbocycles. The summed E-state index contributed by atoms with van der Waals surface area (Å²) in [6.07, 6.45) is 6.30. The summed E-state index contributed by atoms with van der Waals surface area (Å²) in [6, 6.07) is 44.3. The van der Waals surface area contributed by atoms with Gasteiger partial charge in [0.25, 0.3) is 10.2 Å². The quantitative estimate of drug-likeness (QED) is 0.0652. The molecule has 5 amide bonds. The average Bonchev–Trinajstić information content (AvgIpc) is 1.09. The lowest BCUT2D eigenvalue weighted by Crippen LogP contribution is -2.59. The summed E-state index contributed by atoms with van der Waals surface area (Å²) in [6.45, 7) is 2.10. The van der Waals surface area contributed by atoms with Crippen LogP contribution >= 0.6 is 0 Å². The van der Waals surface area contributed by atoms with Crippen molar-refractivity contribution in [2.24, 2.45) is 32.1 Å². The molecule has 7 aromatic rings. The summed E-state index contributed by atoms with van der Waals surface area (Å²) in [4.78, 5) is 71.4. The monoisotopic (exact) mass is 1610 g/mol. The fraction of sp³-hybridized carbons (Fsp3) is 0.434. The van der Waals surface area contributed by atoms with Crippen LogP contribution < -0.4 is 24.1 Å². The van der Waals surface area contributed by atoms with Gasteiger partial charge in [-0.1, -0.05) is 134 Å². The molecule has 5 N–H and O–H groups in total. The minimum atomic E-state index is -4.84. The van der Waals surface area contributed by atoms with Crippen molar-refractivity contribution in [3.05, 3.63) is 230 Å². The molecule has 7 aliphatic carbocycles. The average molecular weight is 1610 g/mol. The van der Waals surface area contributed by atoms with Crippen molar-refractivity contribution in [1.82, 2.24) is 38.7 Å². The van der Waals surface area contributed by atoms with E-state index in [2.05, 4.69) is 50.6 Å². The number of azo groups is 2. The number of fused-ring (bicyclic) bond motifs is 18. The molecule has 0 spiro atoms. The molecule has 5 heterocycles. The van der Waals surface area contributed by atoms with Gasteiger partial charge >= 0.3 is 40.8 Å². The zero-order valence-electron chi connectivity index (χ0n) is 64.1. The number of carbonyl (C=O) groups excluding carboxylic acids is 5. The third kappa shape index (κ3) is 12.4. The number of methoxy groups -OCH3 is 5. The second-order valence-corrected chi connectivity index (χ2v) is 34.5. The lowest BCUT2D eigenvalue weighted by Gasteiger charge is -2.37. The maximum Gasteiger partial charge on any atom is 0.409 e. The van der Waals surface area contributed by atoms with E-state index in [-0.39, 0.29) is 61.2 Å². The Bertz CT molecular complexity index is 5420. The summed E-state index contributed by atoms with van der Waals surface area (Å²) in [5.74, 6) is -3.26. The van der Waals surface area contributed by atoms with Crippen molar-refractivity contribution in [2.75, 3.05) is 68.3 Å². The maximum absolute atomic E-state index is 14.5. The van der Waals surface area contributed by atoms with Gasteiger partial charge in [-0.3, -0.25) is 0 Å². The second kappa shape index (κ2) is 29.0. The molecular formula is C83H89F2N13O15S2. The fourth-order valence-electron chi connectivity index (χ4n) is 21.8. The number of hydrogen-bond acceptors (Lipinski definition) is 20. The first-order valence-electron chi connectivity index (χ1n) is 38.8. The Balaban J connectivity index is 0.000000138. The molecule has 115 heavy (non-hydrogen) atoms. The van der Waals surface area contributed by atoms with Crippen molar-refractivity contribution < 1.29 is 77.5 Å². The van der Waals surface area contributed by atoms with Crippen LogP contribution in [0.15, 0.2) is 172 Å². The highest BCUT2D eigenvalue weighted by Gasteiger charge is 2.63. The molecule has 1 saturated carbocycles. The van der Waals surface area contributed by atoms with E-state index in [1.807, 2.05) is 78.9 Å². The first-order chi connectivity index (χ1) is 55.3. The van der Waals surface area contributed by atoms with Gasteiger partial charge < -0.3 is 58.1 Å². The van der Waals surface area contributed by atoms with E-state index in [1.54, 1.807) is 37.8 Å². The molecular weight excluding hydrogens is 1520 g/mol. The molecule has 12 aliphatic rings. The molecule has 28 nitrogen and oxygen atoms in total. The van der Waals surface area contributed by atoms with Crippen LogP contribution in [0.3, 0.4) is 0 Å². The number of nitrogens with zero attached hydrogens (tertiary/aromatic N) is 9. The molecule has 0 radical (unpaired) electrons. The normalized spacial score (nSPS) is 28.9. The smallest absolute Gasteiger partial charge is 0.409 e. The Hall–Kier alpha value is -10.5. The van der Waals surface area contributed by atoms with Gasteiger partial charge in [0.15, 0.2) is 11.6 Å². The van der Waals surface area contributed by atoms with Crippen molar-refractivity contribution in [3.63, 3.8) is 0 Å². The zero-order chi connectivity index (χ0) is 80.4. The van der Waals surface area contributed by atoms with Crippen LogP contribution in [0.1, 0.15) is 118 Å². The van der Waals surface area contributed by atoms with Gasteiger partial charge in [0, 0.05) is 32.7 Å². The number of ether oxygens (including phenoxy) is 5. The molecule has 6 fully saturated rings. The highest BCUT2D eigenvalue weighted by molar-refractivity contribution is 7.87. The van der Waals surface area contributed by atoms with Gasteiger partial charge in [-0.25, -0.2) is 32.8 Å². The van der Waals surface area contributed by atoms with Crippen LogP contribution in [0.2, 0.25) is 0 Å². The molecule has 0 unspecified atom stereocenters. The summed E-state index contributed by atoms with van der Waals surface area (Å²) in [7, 11) is -2.21. The van der Waals surface area contributed by atoms with Gasteiger partial charge in [-0.05, 0) is 180 Å². The number of rotatable bonds is 12. The summed E-state index contributed by atoms with van der Waals surface area (Å²) < 4.78 is 123. The third-order valence-corrected chi connectivity index (χ3v) is 29.1. The standard InChI is InChI=1S/C38H42N6O6S.C32H31F2N5O7S.C13H16N2O2/c1-49-34(45)43-19-17-37(29-13-6-4-10-25(29)22-32(37)43)40-39-31-15-7-14-30-27(31)23-33-38(30,18-20-44(33)35(46)50-2)42-51(47,48)41-36-16-8-11-26(36)21-24-9-3-5-12-28(24)36;1-44-29(40)38-15-13-31(21-8-4-3-7-19(21)17-26(31)38)36-35-25-12-5-9-22-20(25)18-27-32(22,14-16-39(27)30(41)45-2)37-47(42,43)46-28-23(33)10-6-11-24(28)34;1-17-12(16)15-7-6-13(14)10-5-3-2-4-9(10)8-11(13)15/h3-7,9-10,12-15,26,32-33,41-42H,8,11,16-23H2,1-2H3;3-12,26-27,37H,13-18H2,1-2H3;2-5,11H,6-8,14H2,1H3/t26-,32+,33+,36+,37+,38+;26-,27-,31-,32-;11-,13-/m101/s1. The lowest BCUT2D eigenvalue weighted by molar-refractivity contribution is 0.111. The zero-order valence-corrected chi connectivity index (χ0v) is 65.8. The van der Waals surface area contributed by atoms with E-state index < -0.39 is 96.0 Å². The second-order valence-electron chi connectivity index (χ2n) is 31.8. The van der Waals surface area contributed by atoms with Gasteiger partial charge in [0.2, 0.25) is 5.75 Å². The number of nitrogens with two attached hydrogens (primary N) is 1. The van der Waals surface area contributed by atoms with Crippen LogP contribution in [0, 0.1) is 17.6 Å². The highest BCUT2D eigenvalue weighted by atomic mass is 32.2. The van der Waals surface area contributed by atoms with Crippen LogP contribution in [0.5, 0.6) is 5.75 Å². The summed E-state index contributed by atoms with van der Waals surface area (Å²) in [5, 5.41) is 19.7. The maximum atomic E-state index is 14.5. The van der Waals surface area contributed by atoms with E-state index in [4.69, 9.17) is 54.1 Å². The van der Waals surface area contributed by atoms with Gasteiger partial charge in [-0.2, -0.15) is 51.5 Å². The van der Waals surface area contributed by atoms with Crippen molar-refractivity contribution >= 4 is 62.4 Å². The molecule has 12 atom stereocenters. The number of hydrogen-bond donors (Lipinski definition) is 4. The molecule has 19 rings (SSSR count). The molecule has 32 heteroatoms. The van der Waals surface area contributed by atoms with Crippen molar-refractivity contribution in [1.29, 1.82) is 0 Å². The number of benzene rings is 7. The van der Waals surface area contributed by atoms with E-state index in [0.717, 1.165) is 95.7 Å². The molecule has 0 bridgehead atoms. The van der Waals surface area contributed by atoms with Gasteiger partial charge in [-0.15, -0.1) is 0 Å². The Morgan fingerprint density at radius 2 is 0.783 bits per heavy atom. The topological polar surface area (TPSA) is 337 Å². The molecule has 5 saturated heterocycles. The van der Waals surface area contributed by atoms with Crippen molar-refractivity contribution in [3.8, 4) is 5.75 Å². The molecule has 0 aromatic heterocycles. The first-order valence-corrected chi connectivity index (χ1v) is 41.7. The number of para-hydroxylation sites is 1. The SMILES string of the molecule is COC(=O)N1CC[C@@]2(N)c3ccccc3C[C@@H]12.COC(=O)N1CC[C@]2(N=Nc3cccc4c3C[C@@H]3N(C(=O)OC)CC[C@]43NS(=O)(=O)N[C@@]34CCC[C@@H]3Cc3ccccc34)c3ccccc3C[C@H]12.COC(=O)N1CC[C@]2(N=Nc3cccc4c3C[C@@H]3N(C(=O)OC)CC[C@]43NS(=O)(=O)Oc3c(F)cccc3F)c3ccccc3C[C@H]12. The van der Waals surface area contributed by atoms with Crippen LogP contribution in [-0.2, 0) is 116 Å². The largest absolute Gasteiger partial charge is 0.453 e. The summed E-state index contributed by atoms with van der Waals surface area (Å²) in [5.41, 5.74) is 14.2. The number of amides is 5. The van der Waals surface area contributed by atoms with E-state index in [1.165, 1.54) is 57.1 Å². The lowest BCUT2D eigenvalue weighted by atomic mass is 9.88. The van der Waals surface area contributed by atoms with Crippen LogP contribution in [-0.4, -0.2) is 170 Å². The Morgan fingerprint density at radius 3 is 1.27 bits per heavy atom. The first kappa shape index (κ1) is 77.1. The van der Waals surface area contributed by atoms with E-state index in [0.29, 0.717) is 87.2 Å². The predicted molar refractivity (Wildman–Crippen MR) is 413 cm³/mol. The fourth-order valence-corrected chi connectivity index (χ4v) is 24.7. The Kier molecular flexibility index (Phi) is 19.5. The van der Waals surface area contributed by atoms with Crippen LogP contribution in [0.4, 0.5) is 44.1 Å². The van der Waals surface area contributed by atoms with Crippen molar-refractivity contribution in [2.45, 2.75) is 153 Å². The summed E-state index contributed by atoms with van der Waals surface area (Å²) >= 11 is 0. The van der Waals surface area contributed by atoms with Gasteiger partial charge in [0.1, 0.15) is 11.1 Å². The minimum Gasteiger partial charge on any atom is -0.453 e. The molecule has 5 aliphatic heterocycles. The number of halogens is 2.